The number of rotatable bonds is 6. The van der Waals surface area contributed by atoms with Gasteiger partial charge in [-0.1, -0.05) is 46.9 Å². The molecule has 14 heteroatoms. The van der Waals surface area contributed by atoms with E-state index in [0.717, 1.165) is 11.0 Å². The van der Waals surface area contributed by atoms with E-state index in [1.807, 2.05) is 64.1 Å². The van der Waals surface area contributed by atoms with E-state index in [1.54, 1.807) is 48.5 Å². The van der Waals surface area contributed by atoms with Gasteiger partial charge in [-0.3, -0.25) is 0 Å². The lowest BCUT2D eigenvalue weighted by Gasteiger charge is -2.32. The SMILES string of the molecule is CC1(C)OB(c2ccc(Oc3ccc(F)cc3)cc2)OC1(C)C.Nc1cc(Cl)cc(-c2ccc(Oc3ccc(F)cc3)cc2)n1.Nc1cc(Cl)cc(Cl)n1. The average molecular weight is 792 g/mol. The zero-order valence-corrected chi connectivity index (χ0v) is 32.0. The van der Waals surface area contributed by atoms with Crippen LogP contribution in [0.3, 0.4) is 0 Å². The Balaban J connectivity index is 0.000000170. The lowest BCUT2D eigenvalue weighted by Crippen LogP contribution is -2.41. The van der Waals surface area contributed by atoms with Crippen molar-refractivity contribution >= 4 is 59.0 Å². The topological polar surface area (TPSA) is 115 Å². The van der Waals surface area contributed by atoms with Crippen molar-refractivity contribution in [2.24, 2.45) is 0 Å². The second kappa shape index (κ2) is 17.5. The third-order valence-electron chi connectivity index (χ3n) is 8.24. The molecule has 0 radical (unpaired) electrons. The highest BCUT2D eigenvalue weighted by Gasteiger charge is 2.51. The number of halogens is 5. The highest BCUT2D eigenvalue weighted by atomic mass is 35.5. The van der Waals surface area contributed by atoms with E-state index >= 15 is 0 Å². The van der Waals surface area contributed by atoms with Crippen molar-refractivity contribution < 1.29 is 27.6 Å². The molecule has 0 spiro atoms. The van der Waals surface area contributed by atoms with Gasteiger partial charge < -0.3 is 30.2 Å². The number of pyridine rings is 2. The first-order chi connectivity index (χ1) is 25.5. The van der Waals surface area contributed by atoms with Crippen LogP contribution in [0.25, 0.3) is 11.3 Å². The van der Waals surface area contributed by atoms with Crippen molar-refractivity contribution in [1.82, 2.24) is 9.97 Å². The van der Waals surface area contributed by atoms with Crippen LogP contribution in [0.5, 0.6) is 23.0 Å². The predicted molar refractivity (Wildman–Crippen MR) is 213 cm³/mol. The summed E-state index contributed by atoms with van der Waals surface area (Å²) in [7, 11) is -0.389. The van der Waals surface area contributed by atoms with Crippen molar-refractivity contribution in [2.45, 2.75) is 38.9 Å². The zero-order valence-electron chi connectivity index (χ0n) is 29.7. The minimum atomic E-state index is -0.389. The molecule has 0 bridgehead atoms. The van der Waals surface area contributed by atoms with Crippen molar-refractivity contribution in [2.75, 3.05) is 11.5 Å². The van der Waals surface area contributed by atoms with Crippen molar-refractivity contribution in [3.8, 4) is 34.3 Å². The smallest absolute Gasteiger partial charge is 0.457 e. The summed E-state index contributed by atoms with van der Waals surface area (Å²) in [6.07, 6.45) is 0. The minimum Gasteiger partial charge on any atom is -0.457 e. The fraction of sp³-hybridized carbons (Fsp3) is 0.150. The summed E-state index contributed by atoms with van der Waals surface area (Å²) in [5.41, 5.74) is 12.8. The maximum atomic E-state index is 12.9. The number of nitrogens with zero attached hydrogens (tertiary/aromatic N) is 2. The summed E-state index contributed by atoms with van der Waals surface area (Å²) in [5, 5.41) is 1.36. The second-order valence-electron chi connectivity index (χ2n) is 12.9. The molecule has 1 saturated heterocycles. The van der Waals surface area contributed by atoms with Gasteiger partial charge in [0.2, 0.25) is 0 Å². The number of hydrogen-bond donors (Lipinski definition) is 2. The Bertz CT molecular complexity index is 2080. The first kappa shape index (κ1) is 40.3. The van der Waals surface area contributed by atoms with E-state index in [0.29, 0.717) is 55.5 Å². The zero-order chi connectivity index (χ0) is 39.0. The molecule has 6 aromatic rings. The Kier molecular flexibility index (Phi) is 13.0. The van der Waals surface area contributed by atoms with Crippen LogP contribution in [0.4, 0.5) is 20.4 Å². The quantitative estimate of drug-likeness (QED) is 0.127. The number of aromatic nitrogens is 2. The maximum Gasteiger partial charge on any atom is 0.494 e. The Morgan fingerprint density at radius 2 is 0.944 bits per heavy atom. The maximum absolute atomic E-state index is 12.9. The van der Waals surface area contributed by atoms with Crippen LogP contribution in [-0.4, -0.2) is 28.3 Å². The van der Waals surface area contributed by atoms with E-state index in [4.69, 9.17) is 65.1 Å². The van der Waals surface area contributed by atoms with Gasteiger partial charge in [0.25, 0.3) is 0 Å². The van der Waals surface area contributed by atoms with Crippen LogP contribution in [0.1, 0.15) is 27.7 Å². The van der Waals surface area contributed by atoms with Crippen LogP contribution < -0.4 is 26.4 Å². The van der Waals surface area contributed by atoms with E-state index in [1.165, 1.54) is 36.4 Å². The monoisotopic (exact) mass is 790 g/mol. The largest absolute Gasteiger partial charge is 0.494 e. The molecule has 54 heavy (non-hydrogen) atoms. The van der Waals surface area contributed by atoms with E-state index in [9.17, 15) is 8.78 Å². The highest BCUT2D eigenvalue weighted by molar-refractivity contribution is 6.62. The number of nitrogen functional groups attached to an aromatic ring is 2. The van der Waals surface area contributed by atoms with Crippen LogP contribution in [0.2, 0.25) is 15.2 Å². The molecular weight excluding hydrogens is 756 g/mol. The molecule has 0 amide bonds. The number of nitrogens with two attached hydrogens (primary N) is 2. The first-order valence-electron chi connectivity index (χ1n) is 16.5. The number of anilines is 2. The molecule has 3 heterocycles. The molecule has 2 aromatic heterocycles. The minimum absolute atomic E-state index is 0.284. The van der Waals surface area contributed by atoms with Crippen LogP contribution >= 0.6 is 34.8 Å². The molecule has 8 nitrogen and oxygen atoms in total. The van der Waals surface area contributed by atoms with Gasteiger partial charge in [-0.05, 0) is 142 Å². The lowest BCUT2D eigenvalue weighted by atomic mass is 9.79. The normalized spacial score (nSPS) is 13.9. The van der Waals surface area contributed by atoms with E-state index in [-0.39, 0.29) is 30.0 Å². The molecule has 7 rings (SSSR count). The van der Waals surface area contributed by atoms with Gasteiger partial charge in [-0.15, -0.1) is 0 Å². The Labute approximate surface area is 328 Å². The summed E-state index contributed by atoms with van der Waals surface area (Å²) >= 11 is 17.0. The molecule has 0 saturated carbocycles. The second-order valence-corrected chi connectivity index (χ2v) is 14.2. The highest BCUT2D eigenvalue weighted by Crippen LogP contribution is 2.36. The van der Waals surface area contributed by atoms with Gasteiger partial charge in [-0.25, -0.2) is 18.7 Å². The molecule has 1 fully saturated rings. The van der Waals surface area contributed by atoms with Gasteiger partial charge in [0.15, 0.2) is 0 Å². The Morgan fingerprint density at radius 3 is 1.35 bits per heavy atom. The van der Waals surface area contributed by atoms with Crippen LogP contribution in [0, 0.1) is 11.6 Å². The number of benzene rings is 4. The van der Waals surface area contributed by atoms with E-state index < -0.39 is 0 Å². The van der Waals surface area contributed by atoms with Crippen LogP contribution in [-0.2, 0) is 9.31 Å². The van der Waals surface area contributed by atoms with Gasteiger partial charge in [0.05, 0.1) is 16.9 Å². The molecule has 1 aliphatic heterocycles. The summed E-state index contributed by atoms with van der Waals surface area (Å²) in [4.78, 5) is 7.93. The fourth-order valence-corrected chi connectivity index (χ4v) is 5.49. The summed E-state index contributed by atoms with van der Waals surface area (Å²) < 4.78 is 49.1. The molecule has 0 atom stereocenters. The molecular formula is C40H36BCl3F2N4O4. The molecule has 4 aromatic carbocycles. The molecule has 1 aliphatic rings. The predicted octanol–water partition coefficient (Wildman–Crippen LogP) is 10.8. The third kappa shape index (κ3) is 11.3. The van der Waals surface area contributed by atoms with E-state index in [2.05, 4.69) is 9.97 Å². The Hall–Kier alpha value is -4.91. The molecule has 0 unspecified atom stereocenters. The number of ether oxygens (including phenoxy) is 2. The van der Waals surface area contributed by atoms with Gasteiger partial charge in [0, 0.05) is 15.6 Å². The average Bonchev–Trinajstić information content (AvgIpc) is 3.33. The standard InChI is InChI=1S/C18H20BFO3.C17H12ClFN2O.C5H4Cl2N2/c1-17(2)18(3,4)23-19(22-17)13-5-9-15(10-6-13)21-16-11-7-14(20)8-12-16;18-12-9-16(21-17(20)10-12)11-1-5-14(6-2-11)22-15-7-3-13(19)4-8-15;6-3-1-4(7)9-5(8)2-3/h5-12H,1-4H3;1-10H,(H2,20,21);1-2H,(H2,8,9). The van der Waals surface area contributed by atoms with Crippen LogP contribution in [0.15, 0.2) is 121 Å². The fourth-order valence-electron chi connectivity index (χ4n) is 4.79. The van der Waals surface area contributed by atoms with Gasteiger partial charge in [0.1, 0.15) is 51.4 Å². The van der Waals surface area contributed by atoms with Crippen molar-refractivity contribution in [3.05, 3.63) is 148 Å². The Morgan fingerprint density at radius 1 is 0.556 bits per heavy atom. The van der Waals surface area contributed by atoms with Crippen molar-refractivity contribution in [1.29, 1.82) is 0 Å². The first-order valence-corrected chi connectivity index (χ1v) is 17.6. The number of hydrogen-bond acceptors (Lipinski definition) is 8. The summed E-state index contributed by atoms with van der Waals surface area (Å²) in [6, 6.07) is 33.0. The van der Waals surface area contributed by atoms with Gasteiger partial charge >= 0.3 is 7.12 Å². The summed E-state index contributed by atoms with van der Waals surface area (Å²) in [6.45, 7) is 8.11. The molecule has 278 valence electrons. The summed E-state index contributed by atoms with van der Waals surface area (Å²) in [5.74, 6) is 2.61. The third-order valence-corrected chi connectivity index (χ3v) is 8.87. The lowest BCUT2D eigenvalue weighted by molar-refractivity contribution is 0.00578. The van der Waals surface area contributed by atoms with Gasteiger partial charge in [-0.2, -0.15) is 0 Å². The van der Waals surface area contributed by atoms with Crippen molar-refractivity contribution in [3.63, 3.8) is 0 Å². The molecule has 4 N–H and O–H groups in total. The molecule has 0 aliphatic carbocycles.